The lowest BCUT2D eigenvalue weighted by molar-refractivity contribution is -0.137. The van der Waals surface area contributed by atoms with Gasteiger partial charge in [0.1, 0.15) is 6.61 Å². The van der Waals surface area contributed by atoms with Gasteiger partial charge < -0.3 is 15.0 Å². The summed E-state index contributed by atoms with van der Waals surface area (Å²) in [5.41, 5.74) is 1.58. The molecule has 1 fully saturated rings. The van der Waals surface area contributed by atoms with Gasteiger partial charge >= 0.3 is 6.18 Å². The van der Waals surface area contributed by atoms with Gasteiger partial charge in [-0.1, -0.05) is 25.0 Å². The minimum atomic E-state index is -4.36. The number of nitrogens with one attached hydrogen (secondary N) is 1. The van der Waals surface area contributed by atoms with E-state index in [-0.39, 0.29) is 12.5 Å². The number of hydrogen-bond acceptors (Lipinski definition) is 5. The first-order valence-corrected chi connectivity index (χ1v) is 12.7. The standard InChI is InChI=1S/C26H28F3N3O2S/c27-26(28,29)19-8-9-22-23(16-19)31-12-10-24(22)35-15-4-2-1-3-11-30-20-6-5-7-21(17-20)32-13-14-34-18-25(32)33/h5-10,12,16-17,30H,1-4,11,13-15,18H2. The Labute approximate surface area is 207 Å². The number of aromatic nitrogens is 1. The summed E-state index contributed by atoms with van der Waals surface area (Å²) in [7, 11) is 0. The molecule has 0 bridgehead atoms. The van der Waals surface area contributed by atoms with E-state index in [1.165, 1.54) is 6.07 Å². The minimum absolute atomic E-state index is 0.0166. The Balaban J connectivity index is 1.16. The topological polar surface area (TPSA) is 54.5 Å². The maximum atomic E-state index is 12.9. The number of morpholine rings is 1. The monoisotopic (exact) mass is 503 g/mol. The van der Waals surface area contributed by atoms with Crippen molar-refractivity contribution in [3.63, 3.8) is 0 Å². The van der Waals surface area contributed by atoms with Crippen LogP contribution in [0.4, 0.5) is 24.5 Å². The van der Waals surface area contributed by atoms with E-state index in [1.807, 2.05) is 30.3 Å². The van der Waals surface area contributed by atoms with Gasteiger partial charge in [-0.25, -0.2) is 0 Å². The van der Waals surface area contributed by atoms with Crippen molar-refractivity contribution in [3.8, 4) is 0 Å². The average molecular weight is 504 g/mol. The lowest BCUT2D eigenvalue weighted by Crippen LogP contribution is -2.41. The normalized spacial score (nSPS) is 14.5. The average Bonchev–Trinajstić information content (AvgIpc) is 2.85. The molecule has 1 aromatic heterocycles. The molecule has 2 aromatic carbocycles. The number of amides is 1. The first kappa shape index (κ1) is 25.3. The largest absolute Gasteiger partial charge is 0.416 e. The molecule has 4 rings (SSSR count). The molecule has 0 unspecified atom stereocenters. The van der Waals surface area contributed by atoms with Crippen molar-refractivity contribution < 1.29 is 22.7 Å². The third-order valence-electron chi connectivity index (χ3n) is 5.83. The number of pyridine rings is 1. The number of alkyl halides is 3. The lowest BCUT2D eigenvalue weighted by Gasteiger charge is -2.27. The molecular weight excluding hydrogens is 475 g/mol. The fourth-order valence-electron chi connectivity index (χ4n) is 3.99. The zero-order valence-corrected chi connectivity index (χ0v) is 20.1. The maximum absolute atomic E-state index is 12.9. The Morgan fingerprint density at radius 2 is 1.91 bits per heavy atom. The van der Waals surface area contributed by atoms with Gasteiger partial charge in [-0.15, -0.1) is 11.8 Å². The molecular formula is C26H28F3N3O2S. The number of halogens is 3. The van der Waals surface area contributed by atoms with Crippen LogP contribution in [0.25, 0.3) is 10.9 Å². The van der Waals surface area contributed by atoms with Gasteiger partial charge in [0.15, 0.2) is 0 Å². The molecule has 0 atom stereocenters. The Morgan fingerprint density at radius 1 is 1.06 bits per heavy atom. The van der Waals surface area contributed by atoms with E-state index in [2.05, 4.69) is 10.3 Å². The number of hydrogen-bond donors (Lipinski definition) is 1. The van der Waals surface area contributed by atoms with E-state index >= 15 is 0 Å². The van der Waals surface area contributed by atoms with Crippen LogP contribution in [-0.2, 0) is 15.7 Å². The van der Waals surface area contributed by atoms with Gasteiger partial charge in [-0.2, -0.15) is 13.2 Å². The van der Waals surface area contributed by atoms with Gasteiger partial charge in [0.25, 0.3) is 5.91 Å². The first-order valence-electron chi connectivity index (χ1n) is 11.7. The lowest BCUT2D eigenvalue weighted by atomic mass is 10.1. The van der Waals surface area contributed by atoms with Crippen LogP contribution in [-0.4, -0.2) is 42.9 Å². The van der Waals surface area contributed by atoms with Crippen molar-refractivity contribution in [3.05, 3.63) is 60.3 Å². The number of anilines is 2. The Bertz CT molecular complexity index is 1160. The number of benzene rings is 2. The van der Waals surface area contributed by atoms with Crippen LogP contribution in [0.3, 0.4) is 0 Å². The number of thioether (sulfide) groups is 1. The van der Waals surface area contributed by atoms with E-state index in [9.17, 15) is 18.0 Å². The third kappa shape index (κ3) is 6.89. The zero-order chi connectivity index (χ0) is 24.7. The fourth-order valence-corrected chi connectivity index (χ4v) is 5.05. The van der Waals surface area contributed by atoms with Crippen LogP contribution in [0.2, 0.25) is 0 Å². The molecule has 0 saturated carbocycles. The number of carbonyl (C=O) groups is 1. The second kappa shape index (κ2) is 11.8. The summed E-state index contributed by atoms with van der Waals surface area (Å²) in [4.78, 5) is 18.9. The summed E-state index contributed by atoms with van der Waals surface area (Å²) in [6, 6.07) is 13.5. The van der Waals surface area contributed by atoms with E-state index in [1.54, 1.807) is 22.9 Å². The summed E-state index contributed by atoms with van der Waals surface area (Å²) < 4.78 is 44.0. The number of unbranched alkanes of at least 4 members (excludes halogenated alkanes) is 3. The van der Waals surface area contributed by atoms with Crippen molar-refractivity contribution in [2.24, 2.45) is 0 Å². The summed E-state index contributed by atoms with van der Waals surface area (Å²) in [6.45, 7) is 2.11. The molecule has 1 amide bonds. The van der Waals surface area contributed by atoms with Gasteiger partial charge in [-0.05, 0) is 55.0 Å². The maximum Gasteiger partial charge on any atom is 0.416 e. The summed E-state index contributed by atoms with van der Waals surface area (Å²) >= 11 is 1.66. The third-order valence-corrected chi connectivity index (χ3v) is 6.99. The van der Waals surface area contributed by atoms with Gasteiger partial charge in [0.2, 0.25) is 0 Å². The summed E-state index contributed by atoms with van der Waals surface area (Å²) in [5.74, 6) is 0.889. The Kier molecular flexibility index (Phi) is 8.51. The number of ether oxygens (including phenoxy) is 1. The molecule has 1 N–H and O–H groups in total. The van der Waals surface area contributed by atoms with Crippen molar-refractivity contribution in [2.75, 3.05) is 42.3 Å². The second-order valence-corrected chi connectivity index (χ2v) is 9.51. The van der Waals surface area contributed by atoms with Gasteiger partial charge in [0, 0.05) is 40.9 Å². The number of fused-ring (bicyclic) bond motifs is 1. The number of carbonyl (C=O) groups excluding carboxylic acids is 1. The van der Waals surface area contributed by atoms with Crippen LogP contribution in [0, 0.1) is 0 Å². The first-order chi connectivity index (χ1) is 16.9. The molecule has 1 aliphatic heterocycles. The molecule has 2 heterocycles. The fraction of sp³-hybridized carbons (Fsp3) is 0.385. The quantitative estimate of drug-likeness (QED) is 0.257. The van der Waals surface area contributed by atoms with Crippen LogP contribution in [0.1, 0.15) is 31.2 Å². The summed E-state index contributed by atoms with van der Waals surface area (Å²) in [6.07, 6.45) is 1.44. The molecule has 0 aliphatic carbocycles. The molecule has 3 aromatic rings. The molecule has 1 aliphatic rings. The summed E-state index contributed by atoms with van der Waals surface area (Å²) in [5, 5.41) is 4.19. The number of nitrogens with zero attached hydrogens (tertiary/aromatic N) is 2. The highest BCUT2D eigenvalue weighted by atomic mass is 32.2. The Hall–Kier alpha value is -2.78. The van der Waals surface area contributed by atoms with Gasteiger partial charge in [-0.3, -0.25) is 9.78 Å². The molecule has 186 valence electrons. The highest BCUT2D eigenvalue weighted by Crippen LogP contribution is 2.34. The van der Waals surface area contributed by atoms with Crippen molar-refractivity contribution in [1.82, 2.24) is 4.98 Å². The Morgan fingerprint density at radius 3 is 2.74 bits per heavy atom. The van der Waals surface area contributed by atoms with E-state index in [4.69, 9.17) is 4.74 Å². The van der Waals surface area contributed by atoms with Crippen molar-refractivity contribution in [2.45, 2.75) is 36.8 Å². The van der Waals surface area contributed by atoms with Crippen molar-refractivity contribution in [1.29, 1.82) is 0 Å². The second-order valence-electron chi connectivity index (χ2n) is 8.38. The molecule has 1 saturated heterocycles. The van der Waals surface area contributed by atoms with Crippen LogP contribution in [0.15, 0.2) is 59.6 Å². The highest BCUT2D eigenvalue weighted by molar-refractivity contribution is 7.99. The zero-order valence-electron chi connectivity index (χ0n) is 19.3. The van der Waals surface area contributed by atoms with Gasteiger partial charge in [0.05, 0.1) is 17.7 Å². The SMILES string of the molecule is O=C1COCCN1c1cccc(NCCCCCCSc2ccnc3cc(C(F)(F)F)ccc23)c1. The molecule has 5 nitrogen and oxygen atoms in total. The van der Waals surface area contributed by atoms with Crippen LogP contribution >= 0.6 is 11.8 Å². The van der Waals surface area contributed by atoms with Crippen LogP contribution in [0.5, 0.6) is 0 Å². The predicted molar refractivity (Wildman–Crippen MR) is 134 cm³/mol. The molecule has 0 radical (unpaired) electrons. The molecule has 0 spiro atoms. The molecule has 9 heteroatoms. The molecule has 35 heavy (non-hydrogen) atoms. The highest BCUT2D eigenvalue weighted by Gasteiger charge is 2.30. The van der Waals surface area contributed by atoms with Crippen molar-refractivity contribution >= 4 is 39.9 Å². The van der Waals surface area contributed by atoms with E-state index in [0.717, 1.165) is 71.8 Å². The minimum Gasteiger partial charge on any atom is -0.385 e. The smallest absolute Gasteiger partial charge is 0.385 e. The van der Waals surface area contributed by atoms with Crippen LogP contribution < -0.4 is 10.2 Å². The predicted octanol–water partition coefficient (Wildman–Crippen LogP) is 6.38. The van der Waals surface area contributed by atoms with E-state index < -0.39 is 11.7 Å². The van der Waals surface area contributed by atoms with E-state index in [0.29, 0.717) is 18.7 Å². The number of rotatable bonds is 10.